The van der Waals surface area contributed by atoms with Crippen LogP contribution in [0.3, 0.4) is 0 Å². The number of aliphatic imine (C=N–C) groups is 1. The molecule has 3 atom stereocenters. The van der Waals surface area contributed by atoms with Crippen LogP contribution in [0, 0.1) is 5.92 Å². The number of aromatic nitrogens is 5. The van der Waals surface area contributed by atoms with Gasteiger partial charge < -0.3 is 21.1 Å². The predicted molar refractivity (Wildman–Crippen MR) is 169 cm³/mol. The number of nitrogens with zero attached hydrogens (tertiary/aromatic N) is 7. The van der Waals surface area contributed by atoms with Crippen LogP contribution in [0.2, 0.25) is 0 Å². The van der Waals surface area contributed by atoms with Crippen molar-refractivity contribution in [3.63, 3.8) is 0 Å². The molecule has 1 aliphatic carbocycles. The van der Waals surface area contributed by atoms with Gasteiger partial charge in [0.1, 0.15) is 22.9 Å². The molecule has 1 saturated heterocycles. The van der Waals surface area contributed by atoms with Gasteiger partial charge in [0.15, 0.2) is 0 Å². The summed E-state index contributed by atoms with van der Waals surface area (Å²) in [5.41, 5.74) is 5.23. The van der Waals surface area contributed by atoms with Gasteiger partial charge in [-0.05, 0) is 51.3 Å². The van der Waals surface area contributed by atoms with Crippen molar-refractivity contribution in [1.82, 2.24) is 35.2 Å². The van der Waals surface area contributed by atoms with E-state index in [0.717, 1.165) is 32.1 Å². The van der Waals surface area contributed by atoms with Crippen LogP contribution in [-0.2, 0) is 24.8 Å². The molecule has 47 heavy (non-hydrogen) atoms. The van der Waals surface area contributed by atoms with Crippen molar-refractivity contribution < 1.29 is 29.1 Å². The average Bonchev–Trinajstić information content (AvgIpc) is 3.72. The fraction of sp³-hybridized carbons (Fsp3) is 0.500. The zero-order valence-corrected chi connectivity index (χ0v) is 26.6. The van der Waals surface area contributed by atoms with E-state index in [0.29, 0.717) is 16.7 Å². The Morgan fingerprint density at radius 3 is 2.55 bits per heavy atom. The summed E-state index contributed by atoms with van der Waals surface area (Å²) in [5, 5.41) is 21.3. The Morgan fingerprint density at radius 2 is 1.85 bits per heavy atom. The fourth-order valence-corrected chi connectivity index (χ4v) is 6.35. The van der Waals surface area contributed by atoms with E-state index in [1.807, 2.05) is 0 Å². The zero-order chi connectivity index (χ0) is 33.9. The molecule has 1 unspecified atom stereocenters. The molecule has 248 valence electrons. The van der Waals surface area contributed by atoms with Crippen molar-refractivity contribution in [2.24, 2.45) is 16.6 Å². The first-order chi connectivity index (χ1) is 22.3. The van der Waals surface area contributed by atoms with Gasteiger partial charge in [-0.25, -0.2) is 9.67 Å². The SMILES string of the molecule is CC(NC(=O)[C@@H]1C[C@H](n2nncc2C(C)(C)O)CN1C(=O)/C(CC1CCCCC1)=N/C(=O)c1ccnc2cccnc12)C(=O)C(N)=O. The minimum absolute atomic E-state index is 0.00352. The van der Waals surface area contributed by atoms with Crippen LogP contribution in [0.1, 0.15) is 87.8 Å². The van der Waals surface area contributed by atoms with Gasteiger partial charge in [0.05, 0.1) is 35.1 Å². The number of fused-ring (bicyclic) bond motifs is 1. The highest BCUT2D eigenvalue weighted by molar-refractivity contribution is 6.41. The predicted octanol–water partition coefficient (Wildman–Crippen LogP) is 1.40. The summed E-state index contributed by atoms with van der Waals surface area (Å²) in [6.45, 7) is 4.44. The Kier molecular flexibility index (Phi) is 9.84. The third kappa shape index (κ3) is 7.40. The van der Waals surface area contributed by atoms with Crippen molar-refractivity contribution in [1.29, 1.82) is 0 Å². The van der Waals surface area contributed by atoms with Crippen molar-refractivity contribution >= 4 is 46.2 Å². The summed E-state index contributed by atoms with van der Waals surface area (Å²) in [5.74, 6) is -4.05. The van der Waals surface area contributed by atoms with E-state index >= 15 is 0 Å². The molecule has 1 saturated carbocycles. The summed E-state index contributed by atoms with van der Waals surface area (Å²) in [6, 6.07) is 1.96. The van der Waals surface area contributed by atoms with Crippen molar-refractivity contribution in [3.8, 4) is 0 Å². The van der Waals surface area contributed by atoms with E-state index in [1.54, 1.807) is 32.2 Å². The Morgan fingerprint density at radius 1 is 1.11 bits per heavy atom. The number of nitrogens with two attached hydrogens (primary N) is 1. The maximum absolute atomic E-state index is 14.5. The van der Waals surface area contributed by atoms with E-state index < -0.39 is 53.1 Å². The molecule has 4 heterocycles. The third-order valence-corrected chi connectivity index (χ3v) is 8.80. The monoisotopic (exact) mass is 645 g/mol. The van der Waals surface area contributed by atoms with Gasteiger partial charge in [-0.15, -0.1) is 5.10 Å². The number of rotatable bonds is 10. The van der Waals surface area contributed by atoms with Crippen LogP contribution in [0.4, 0.5) is 0 Å². The molecule has 15 heteroatoms. The number of hydrogen-bond donors (Lipinski definition) is 3. The largest absolute Gasteiger partial charge is 0.384 e. The summed E-state index contributed by atoms with van der Waals surface area (Å²) >= 11 is 0. The standard InChI is InChI=1S/C32H39N9O6/c1-18(27(42)28(33)43)37-30(45)24-15-20(41-25(16-36-39-41)32(2,3)47)17-40(24)31(46)23(14-19-8-5-4-6-9-19)38-29(44)21-11-13-34-22-10-7-12-35-26(21)22/h7,10-13,16,18-20,24,47H,4-6,8-9,14-15,17H2,1-3H3,(H2,33,43)(H,37,45)/b38-23+/t18?,20-,24-/m0/s1. The van der Waals surface area contributed by atoms with Crippen LogP contribution >= 0.6 is 0 Å². The molecule has 5 rings (SSSR count). The average molecular weight is 646 g/mol. The van der Waals surface area contributed by atoms with Gasteiger partial charge in [0.25, 0.3) is 17.7 Å². The Hall–Kier alpha value is -4.92. The van der Waals surface area contributed by atoms with Gasteiger partial charge >= 0.3 is 0 Å². The number of aliphatic hydroxyl groups is 1. The van der Waals surface area contributed by atoms with Gasteiger partial charge in [-0.2, -0.15) is 0 Å². The maximum atomic E-state index is 14.5. The Balaban J connectivity index is 1.52. The number of ketones is 1. The number of amides is 4. The van der Waals surface area contributed by atoms with Gasteiger partial charge in [-0.3, -0.25) is 33.9 Å². The summed E-state index contributed by atoms with van der Waals surface area (Å²) in [4.78, 5) is 79.8. The number of hydrogen-bond acceptors (Lipinski definition) is 10. The number of primary amides is 1. The fourth-order valence-electron chi connectivity index (χ4n) is 6.35. The molecular weight excluding hydrogens is 606 g/mol. The van der Waals surface area contributed by atoms with Gasteiger partial charge in [0, 0.05) is 25.4 Å². The molecule has 0 radical (unpaired) electrons. The summed E-state index contributed by atoms with van der Waals surface area (Å²) in [7, 11) is 0. The summed E-state index contributed by atoms with van der Waals surface area (Å²) < 4.78 is 1.48. The lowest BCUT2D eigenvalue weighted by Gasteiger charge is -2.27. The second-order valence-electron chi connectivity index (χ2n) is 12.7. The van der Waals surface area contributed by atoms with E-state index in [4.69, 9.17) is 5.73 Å². The van der Waals surface area contributed by atoms with E-state index in [-0.39, 0.29) is 36.6 Å². The number of Topliss-reactive ketones (excluding diaryl/α,β-unsaturated/α-hetero) is 1. The smallest absolute Gasteiger partial charge is 0.287 e. The number of pyridine rings is 2. The highest BCUT2D eigenvalue weighted by atomic mass is 16.3. The van der Waals surface area contributed by atoms with Crippen LogP contribution in [0.25, 0.3) is 11.0 Å². The lowest BCUT2D eigenvalue weighted by Crippen LogP contribution is -2.52. The van der Waals surface area contributed by atoms with E-state index in [2.05, 4.69) is 30.6 Å². The molecule has 0 bridgehead atoms. The van der Waals surface area contributed by atoms with Crippen molar-refractivity contribution in [3.05, 3.63) is 48.0 Å². The Labute approximate surface area is 271 Å². The maximum Gasteiger partial charge on any atom is 0.287 e. The first kappa shape index (κ1) is 33.4. The minimum atomic E-state index is -1.33. The topological polar surface area (TPSA) is 216 Å². The number of likely N-dealkylation sites (tertiary alicyclic amines) is 1. The minimum Gasteiger partial charge on any atom is -0.384 e. The lowest BCUT2D eigenvalue weighted by molar-refractivity contribution is -0.139. The molecule has 4 N–H and O–H groups in total. The number of nitrogens with one attached hydrogen (secondary N) is 1. The second kappa shape index (κ2) is 13.8. The highest BCUT2D eigenvalue weighted by Gasteiger charge is 2.44. The second-order valence-corrected chi connectivity index (χ2v) is 12.7. The van der Waals surface area contributed by atoms with Gasteiger partial charge in [0.2, 0.25) is 11.7 Å². The van der Waals surface area contributed by atoms with Crippen LogP contribution in [0.15, 0.2) is 41.8 Å². The van der Waals surface area contributed by atoms with Crippen LogP contribution in [0.5, 0.6) is 0 Å². The van der Waals surface area contributed by atoms with Crippen molar-refractivity contribution in [2.75, 3.05) is 6.54 Å². The molecule has 2 aliphatic rings. The number of carbonyl (C=O) groups excluding carboxylic acids is 5. The van der Waals surface area contributed by atoms with Crippen LogP contribution < -0.4 is 11.1 Å². The molecular formula is C32H39N9O6. The molecule has 2 fully saturated rings. The quantitative estimate of drug-likeness (QED) is 0.213. The molecule has 1 aliphatic heterocycles. The summed E-state index contributed by atoms with van der Waals surface area (Å²) in [6.07, 6.45) is 9.52. The molecule has 15 nitrogen and oxygen atoms in total. The first-order valence-corrected chi connectivity index (χ1v) is 15.7. The Bertz CT molecular complexity index is 1720. The molecule has 0 spiro atoms. The lowest BCUT2D eigenvalue weighted by atomic mass is 9.85. The van der Waals surface area contributed by atoms with Gasteiger partial charge in [-0.1, -0.05) is 37.3 Å². The first-order valence-electron chi connectivity index (χ1n) is 15.7. The highest BCUT2D eigenvalue weighted by Crippen LogP contribution is 2.33. The molecule has 4 amide bonds. The van der Waals surface area contributed by atoms with Crippen molar-refractivity contribution in [2.45, 2.75) is 89.4 Å². The molecule has 3 aromatic heterocycles. The number of carbonyl (C=O) groups is 5. The zero-order valence-electron chi connectivity index (χ0n) is 26.6. The molecule has 3 aromatic rings. The van der Waals surface area contributed by atoms with E-state index in [1.165, 1.54) is 35.0 Å². The molecule has 0 aromatic carbocycles. The normalized spacial score (nSPS) is 19.8. The third-order valence-electron chi connectivity index (χ3n) is 8.80. The van der Waals surface area contributed by atoms with Crippen LogP contribution in [-0.4, -0.2) is 88.7 Å². The van der Waals surface area contributed by atoms with E-state index in [9.17, 15) is 29.1 Å².